The summed E-state index contributed by atoms with van der Waals surface area (Å²) in [7, 11) is 0. The molecule has 0 saturated carbocycles. The first-order chi connectivity index (χ1) is 9.76. The number of para-hydroxylation sites is 1. The highest BCUT2D eigenvalue weighted by Gasteiger charge is 2.15. The van der Waals surface area contributed by atoms with Gasteiger partial charge in [-0.1, -0.05) is 52.3 Å². The summed E-state index contributed by atoms with van der Waals surface area (Å²) in [4.78, 5) is 0. The van der Waals surface area contributed by atoms with Gasteiger partial charge in [0.25, 0.3) is 0 Å². The molecular formula is C16H18BrNO2. The summed E-state index contributed by atoms with van der Waals surface area (Å²) in [6.07, 6.45) is 0.356. The number of nitrogens with two attached hydrogens (primary N) is 1. The van der Waals surface area contributed by atoms with E-state index < -0.39 is 0 Å². The number of halogens is 1. The van der Waals surface area contributed by atoms with Crippen LogP contribution in [0.25, 0.3) is 0 Å². The zero-order valence-corrected chi connectivity index (χ0v) is 12.7. The van der Waals surface area contributed by atoms with E-state index in [1.807, 2.05) is 48.5 Å². The van der Waals surface area contributed by atoms with E-state index >= 15 is 0 Å². The van der Waals surface area contributed by atoms with Gasteiger partial charge in [-0.25, -0.2) is 0 Å². The predicted molar refractivity (Wildman–Crippen MR) is 83.8 cm³/mol. The molecule has 3 N–H and O–H groups in total. The van der Waals surface area contributed by atoms with E-state index in [4.69, 9.17) is 15.6 Å². The summed E-state index contributed by atoms with van der Waals surface area (Å²) in [6.45, 7) is 0.485. The summed E-state index contributed by atoms with van der Waals surface area (Å²) >= 11 is 3.52. The molecule has 0 amide bonds. The van der Waals surface area contributed by atoms with Crippen molar-refractivity contribution < 1.29 is 9.84 Å². The van der Waals surface area contributed by atoms with Crippen molar-refractivity contribution in [3.8, 4) is 5.75 Å². The minimum absolute atomic E-state index is 0.0999. The highest BCUT2D eigenvalue weighted by atomic mass is 79.9. The van der Waals surface area contributed by atoms with Crippen LogP contribution in [-0.2, 0) is 6.42 Å². The second-order valence-electron chi connectivity index (χ2n) is 4.45. The van der Waals surface area contributed by atoms with Crippen molar-refractivity contribution >= 4 is 15.9 Å². The van der Waals surface area contributed by atoms with Crippen molar-refractivity contribution in [1.29, 1.82) is 0 Å². The van der Waals surface area contributed by atoms with Crippen LogP contribution in [0.1, 0.15) is 17.2 Å². The molecule has 1 unspecified atom stereocenters. The van der Waals surface area contributed by atoms with Gasteiger partial charge >= 0.3 is 0 Å². The quantitative estimate of drug-likeness (QED) is 0.852. The van der Waals surface area contributed by atoms with E-state index in [1.165, 1.54) is 0 Å². The Morgan fingerprint density at radius 1 is 1.10 bits per heavy atom. The molecule has 2 aromatic rings. The van der Waals surface area contributed by atoms with Crippen molar-refractivity contribution in [2.75, 3.05) is 13.2 Å². The number of ether oxygens (including phenoxy) is 1. The Morgan fingerprint density at radius 2 is 1.80 bits per heavy atom. The molecule has 0 radical (unpaired) electrons. The van der Waals surface area contributed by atoms with Crippen molar-refractivity contribution in [2.45, 2.75) is 12.5 Å². The van der Waals surface area contributed by atoms with Gasteiger partial charge in [-0.2, -0.15) is 0 Å². The molecule has 106 valence electrons. The van der Waals surface area contributed by atoms with E-state index in [2.05, 4.69) is 15.9 Å². The Hall–Kier alpha value is -1.36. The standard InChI is InChI=1S/C16H18BrNO2/c17-14-7-3-2-6-13(14)16(11-18)20-15-8-4-1-5-12(15)9-10-19/h1-8,16,19H,9-11,18H2. The molecule has 2 rings (SSSR count). The van der Waals surface area contributed by atoms with E-state index in [1.54, 1.807) is 0 Å². The van der Waals surface area contributed by atoms with Gasteiger partial charge < -0.3 is 15.6 Å². The average Bonchev–Trinajstić information content (AvgIpc) is 2.47. The van der Waals surface area contributed by atoms with Crippen molar-refractivity contribution in [3.05, 3.63) is 64.1 Å². The van der Waals surface area contributed by atoms with Crippen LogP contribution in [0.2, 0.25) is 0 Å². The maximum absolute atomic E-state index is 9.11. The molecule has 2 aromatic carbocycles. The molecule has 0 aliphatic carbocycles. The molecule has 0 aliphatic rings. The summed E-state index contributed by atoms with van der Waals surface area (Å²) in [5.74, 6) is 0.771. The van der Waals surface area contributed by atoms with Crippen molar-refractivity contribution in [1.82, 2.24) is 0 Å². The van der Waals surface area contributed by atoms with Crippen LogP contribution in [-0.4, -0.2) is 18.3 Å². The lowest BCUT2D eigenvalue weighted by Gasteiger charge is -2.21. The van der Waals surface area contributed by atoms with Gasteiger partial charge in [-0.05, 0) is 24.1 Å². The molecule has 4 heteroatoms. The maximum Gasteiger partial charge on any atom is 0.137 e. The Bertz CT molecular complexity index is 560. The normalized spacial score (nSPS) is 12.2. The molecule has 0 spiro atoms. The smallest absolute Gasteiger partial charge is 0.137 e. The Labute approximate surface area is 127 Å². The third-order valence-corrected chi connectivity index (χ3v) is 3.81. The van der Waals surface area contributed by atoms with E-state index in [-0.39, 0.29) is 12.7 Å². The Balaban J connectivity index is 2.25. The fourth-order valence-corrected chi connectivity index (χ4v) is 2.61. The van der Waals surface area contributed by atoms with Gasteiger partial charge in [0.1, 0.15) is 11.9 Å². The summed E-state index contributed by atoms with van der Waals surface area (Å²) in [5.41, 5.74) is 7.86. The van der Waals surface area contributed by atoms with Gasteiger partial charge in [0.05, 0.1) is 0 Å². The lowest BCUT2D eigenvalue weighted by Crippen LogP contribution is -2.19. The molecule has 0 aliphatic heterocycles. The van der Waals surface area contributed by atoms with Crippen molar-refractivity contribution in [2.24, 2.45) is 5.73 Å². The first-order valence-corrected chi connectivity index (χ1v) is 7.35. The zero-order chi connectivity index (χ0) is 14.4. The number of hydrogen-bond donors (Lipinski definition) is 2. The molecule has 3 nitrogen and oxygen atoms in total. The average molecular weight is 336 g/mol. The van der Waals surface area contributed by atoms with Crippen LogP contribution < -0.4 is 10.5 Å². The molecular weight excluding hydrogens is 318 g/mol. The number of hydrogen-bond acceptors (Lipinski definition) is 3. The van der Waals surface area contributed by atoms with Crippen LogP contribution in [0.15, 0.2) is 53.0 Å². The van der Waals surface area contributed by atoms with Gasteiger partial charge in [0.15, 0.2) is 0 Å². The van der Waals surface area contributed by atoms with Crippen LogP contribution in [0, 0.1) is 0 Å². The fraction of sp³-hybridized carbons (Fsp3) is 0.250. The van der Waals surface area contributed by atoms with E-state index in [0.717, 1.165) is 21.3 Å². The summed E-state index contributed by atoms with van der Waals surface area (Å²) < 4.78 is 7.03. The van der Waals surface area contributed by atoms with Crippen LogP contribution in [0.5, 0.6) is 5.75 Å². The molecule has 0 bridgehead atoms. The second-order valence-corrected chi connectivity index (χ2v) is 5.30. The zero-order valence-electron chi connectivity index (χ0n) is 11.1. The topological polar surface area (TPSA) is 55.5 Å². The van der Waals surface area contributed by atoms with E-state index in [9.17, 15) is 0 Å². The molecule has 20 heavy (non-hydrogen) atoms. The SMILES string of the molecule is NCC(Oc1ccccc1CCO)c1ccccc1Br. The monoisotopic (exact) mass is 335 g/mol. The molecule has 0 heterocycles. The lowest BCUT2D eigenvalue weighted by molar-refractivity contribution is 0.209. The summed E-state index contributed by atoms with van der Waals surface area (Å²) in [5, 5.41) is 9.11. The van der Waals surface area contributed by atoms with E-state index in [0.29, 0.717) is 13.0 Å². The minimum Gasteiger partial charge on any atom is -0.484 e. The third-order valence-electron chi connectivity index (χ3n) is 3.09. The molecule has 1 atom stereocenters. The molecule has 0 saturated heterocycles. The van der Waals surface area contributed by atoms with Gasteiger partial charge in [0, 0.05) is 23.2 Å². The predicted octanol–water partition coefficient (Wildman–Crippen LogP) is 3.06. The second kappa shape index (κ2) is 7.43. The fourth-order valence-electron chi connectivity index (χ4n) is 2.07. The van der Waals surface area contributed by atoms with Gasteiger partial charge in [-0.3, -0.25) is 0 Å². The van der Waals surface area contributed by atoms with Gasteiger partial charge in [0.2, 0.25) is 0 Å². The number of aliphatic hydroxyl groups excluding tert-OH is 1. The Morgan fingerprint density at radius 3 is 2.50 bits per heavy atom. The van der Waals surface area contributed by atoms with Crippen LogP contribution >= 0.6 is 15.9 Å². The van der Waals surface area contributed by atoms with Gasteiger partial charge in [-0.15, -0.1) is 0 Å². The van der Waals surface area contributed by atoms with Crippen LogP contribution in [0.4, 0.5) is 0 Å². The molecule has 0 fully saturated rings. The third kappa shape index (κ3) is 3.60. The highest BCUT2D eigenvalue weighted by Crippen LogP contribution is 2.29. The lowest BCUT2D eigenvalue weighted by atomic mass is 10.1. The first-order valence-electron chi connectivity index (χ1n) is 6.56. The van der Waals surface area contributed by atoms with Crippen LogP contribution in [0.3, 0.4) is 0 Å². The van der Waals surface area contributed by atoms with Crippen molar-refractivity contribution in [3.63, 3.8) is 0 Å². The maximum atomic E-state index is 9.11. The Kier molecular flexibility index (Phi) is 5.59. The number of rotatable bonds is 6. The highest BCUT2D eigenvalue weighted by molar-refractivity contribution is 9.10. The number of benzene rings is 2. The number of aliphatic hydroxyl groups is 1. The first kappa shape index (κ1) is 15.0. The minimum atomic E-state index is -0.217. The largest absolute Gasteiger partial charge is 0.484 e. The molecule has 0 aromatic heterocycles. The summed E-state index contributed by atoms with van der Waals surface area (Å²) in [6, 6.07) is 15.6.